The molecule has 0 saturated carbocycles. The van der Waals surface area contributed by atoms with Crippen molar-refractivity contribution in [2.75, 3.05) is 32.8 Å². The molecule has 0 bridgehead atoms. The molecule has 1 aliphatic rings. The van der Waals surface area contributed by atoms with Crippen LogP contribution in [0.5, 0.6) is 0 Å². The van der Waals surface area contributed by atoms with Gasteiger partial charge in [-0.2, -0.15) is 0 Å². The van der Waals surface area contributed by atoms with E-state index in [-0.39, 0.29) is 42.0 Å². The second kappa shape index (κ2) is 12.4. The van der Waals surface area contributed by atoms with Crippen molar-refractivity contribution < 1.29 is 14.3 Å². The first kappa shape index (κ1) is 23.0. The van der Waals surface area contributed by atoms with Crippen LogP contribution < -0.4 is 16.4 Å². The van der Waals surface area contributed by atoms with Crippen molar-refractivity contribution in [3.63, 3.8) is 0 Å². The van der Waals surface area contributed by atoms with Crippen LogP contribution in [-0.2, 0) is 4.74 Å². The van der Waals surface area contributed by atoms with Gasteiger partial charge in [0, 0.05) is 31.2 Å². The number of hydrogen-bond donors (Lipinski definition) is 3. The molecule has 1 aliphatic heterocycles. The highest BCUT2D eigenvalue weighted by Gasteiger charge is 2.23. The molecular formula is C18H28IN5O3. The molecule has 2 rings (SSSR count). The Morgan fingerprint density at radius 2 is 1.93 bits per heavy atom. The number of benzene rings is 1. The molecule has 1 saturated heterocycles. The van der Waals surface area contributed by atoms with Crippen LogP contribution in [0.4, 0.5) is 4.79 Å². The number of guanidine groups is 1. The number of amides is 2. The maximum Gasteiger partial charge on any atom is 0.409 e. The number of rotatable bonds is 6. The summed E-state index contributed by atoms with van der Waals surface area (Å²) in [5.74, 6) is 0.229. The molecule has 1 aromatic rings. The predicted molar refractivity (Wildman–Crippen MR) is 115 cm³/mol. The van der Waals surface area contributed by atoms with E-state index in [0.717, 1.165) is 12.8 Å². The fraction of sp³-hybridized carbons (Fsp3) is 0.500. The summed E-state index contributed by atoms with van der Waals surface area (Å²) in [5, 5.41) is 5.97. The molecule has 27 heavy (non-hydrogen) atoms. The zero-order valence-corrected chi connectivity index (χ0v) is 17.8. The Bertz CT molecular complexity index is 619. The molecule has 0 atom stereocenters. The molecule has 2 amide bonds. The quantitative estimate of drug-likeness (QED) is 0.243. The molecule has 0 aliphatic carbocycles. The first-order chi connectivity index (χ1) is 12.6. The van der Waals surface area contributed by atoms with Crippen molar-refractivity contribution in [3.05, 3.63) is 35.9 Å². The van der Waals surface area contributed by atoms with E-state index >= 15 is 0 Å². The predicted octanol–water partition coefficient (Wildman–Crippen LogP) is 1.56. The van der Waals surface area contributed by atoms with E-state index in [4.69, 9.17) is 10.5 Å². The number of aliphatic imine (C=N–C) groups is 1. The lowest BCUT2D eigenvalue weighted by molar-refractivity contribution is 0.0949. The van der Waals surface area contributed by atoms with Gasteiger partial charge < -0.3 is 26.0 Å². The van der Waals surface area contributed by atoms with Gasteiger partial charge in [-0.15, -0.1) is 24.0 Å². The Balaban J connectivity index is 0.00000364. The summed E-state index contributed by atoms with van der Waals surface area (Å²) in [5.41, 5.74) is 6.52. The molecule has 9 heteroatoms. The fourth-order valence-corrected chi connectivity index (χ4v) is 2.71. The molecule has 1 fully saturated rings. The Morgan fingerprint density at radius 3 is 2.56 bits per heavy atom. The molecule has 8 nitrogen and oxygen atoms in total. The molecule has 0 unspecified atom stereocenters. The lowest BCUT2D eigenvalue weighted by Gasteiger charge is -2.31. The minimum atomic E-state index is -0.262. The zero-order chi connectivity index (χ0) is 18.8. The number of likely N-dealkylation sites (tertiary alicyclic amines) is 1. The van der Waals surface area contributed by atoms with Gasteiger partial charge >= 0.3 is 6.09 Å². The van der Waals surface area contributed by atoms with E-state index in [1.165, 1.54) is 0 Å². The molecule has 150 valence electrons. The largest absolute Gasteiger partial charge is 0.450 e. The highest BCUT2D eigenvalue weighted by atomic mass is 127. The highest BCUT2D eigenvalue weighted by Crippen LogP contribution is 2.11. The van der Waals surface area contributed by atoms with Gasteiger partial charge in [-0.1, -0.05) is 18.2 Å². The molecule has 0 spiro atoms. The van der Waals surface area contributed by atoms with E-state index in [1.54, 1.807) is 24.0 Å². The summed E-state index contributed by atoms with van der Waals surface area (Å²) in [7, 11) is 0. The second-order valence-electron chi connectivity index (χ2n) is 5.99. The van der Waals surface area contributed by atoms with Gasteiger partial charge in [-0.05, 0) is 31.9 Å². The summed E-state index contributed by atoms with van der Waals surface area (Å²) >= 11 is 0. The minimum absolute atomic E-state index is 0. The normalized spacial score (nSPS) is 14.9. The number of nitrogens with two attached hydrogens (primary N) is 1. The monoisotopic (exact) mass is 489 g/mol. The van der Waals surface area contributed by atoms with Crippen molar-refractivity contribution in [2.24, 2.45) is 10.7 Å². The average Bonchev–Trinajstić information content (AvgIpc) is 2.66. The lowest BCUT2D eigenvalue weighted by atomic mass is 10.1. The number of carbonyl (C=O) groups excluding carboxylic acids is 2. The van der Waals surface area contributed by atoms with E-state index in [9.17, 15) is 9.59 Å². The average molecular weight is 489 g/mol. The smallest absolute Gasteiger partial charge is 0.409 e. The Hall–Kier alpha value is -2.04. The third-order valence-electron chi connectivity index (χ3n) is 4.09. The van der Waals surface area contributed by atoms with E-state index in [2.05, 4.69) is 15.6 Å². The van der Waals surface area contributed by atoms with Crippen molar-refractivity contribution in [3.8, 4) is 0 Å². The topological polar surface area (TPSA) is 109 Å². The highest BCUT2D eigenvalue weighted by molar-refractivity contribution is 14.0. The second-order valence-corrected chi connectivity index (χ2v) is 5.99. The Labute approximate surface area is 176 Å². The number of carbonyl (C=O) groups is 2. The van der Waals surface area contributed by atoms with Crippen LogP contribution in [0.15, 0.2) is 35.3 Å². The SMILES string of the molecule is CCOC(=O)N1CCC(NC(N)=NCCNC(=O)c2ccccc2)CC1.I. The standard InChI is InChI=1S/C18H27N5O3.HI/c1-2-26-18(25)23-12-8-15(9-13-23)22-17(19)21-11-10-20-16(24)14-6-4-3-5-7-14;/h3-7,15H,2,8-13H2,1H3,(H,20,24)(H3,19,21,22);1H. The molecule has 0 radical (unpaired) electrons. The fourth-order valence-electron chi connectivity index (χ4n) is 2.71. The van der Waals surface area contributed by atoms with Gasteiger partial charge in [0.2, 0.25) is 0 Å². The third kappa shape index (κ3) is 8.02. The summed E-state index contributed by atoms with van der Waals surface area (Å²) in [4.78, 5) is 29.5. The first-order valence-electron chi connectivity index (χ1n) is 8.91. The number of nitrogens with one attached hydrogen (secondary N) is 2. The van der Waals surface area contributed by atoms with Crippen LogP contribution in [0.25, 0.3) is 0 Å². The Morgan fingerprint density at radius 1 is 1.26 bits per heavy atom. The van der Waals surface area contributed by atoms with Crippen molar-refractivity contribution in [2.45, 2.75) is 25.8 Å². The van der Waals surface area contributed by atoms with Crippen LogP contribution in [0.3, 0.4) is 0 Å². The van der Waals surface area contributed by atoms with Crippen molar-refractivity contribution >= 4 is 41.9 Å². The molecule has 4 N–H and O–H groups in total. The van der Waals surface area contributed by atoms with Crippen molar-refractivity contribution in [1.29, 1.82) is 0 Å². The first-order valence-corrected chi connectivity index (χ1v) is 8.91. The summed E-state index contributed by atoms with van der Waals surface area (Å²) < 4.78 is 5.00. The molecule has 1 heterocycles. The van der Waals surface area contributed by atoms with Crippen LogP contribution >= 0.6 is 24.0 Å². The van der Waals surface area contributed by atoms with Crippen LogP contribution in [-0.4, -0.2) is 61.7 Å². The van der Waals surface area contributed by atoms with Crippen LogP contribution in [0, 0.1) is 0 Å². The van der Waals surface area contributed by atoms with Gasteiger partial charge in [-0.25, -0.2) is 4.79 Å². The molecular weight excluding hydrogens is 461 g/mol. The Kier molecular flexibility index (Phi) is 10.5. The molecule has 0 aromatic heterocycles. The summed E-state index contributed by atoms with van der Waals surface area (Å²) in [6, 6.07) is 9.21. The third-order valence-corrected chi connectivity index (χ3v) is 4.09. The van der Waals surface area contributed by atoms with Gasteiger partial charge in [-0.3, -0.25) is 9.79 Å². The van der Waals surface area contributed by atoms with Gasteiger partial charge in [0.05, 0.1) is 13.2 Å². The van der Waals surface area contributed by atoms with Crippen LogP contribution in [0.1, 0.15) is 30.1 Å². The summed E-state index contributed by atoms with van der Waals surface area (Å²) in [6.45, 7) is 4.27. The zero-order valence-electron chi connectivity index (χ0n) is 15.5. The maximum absolute atomic E-state index is 11.9. The van der Waals surface area contributed by atoms with E-state index < -0.39 is 0 Å². The number of ether oxygens (including phenoxy) is 1. The van der Waals surface area contributed by atoms with E-state index in [1.807, 2.05) is 18.2 Å². The van der Waals surface area contributed by atoms with Crippen molar-refractivity contribution in [1.82, 2.24) is 15.5 Å². The van der Waals surface area contributed by atoms with Gasteiger partial charge in [0.1, 0.15) is 0 Å². The van der Waals surface area contributed by atoms with Gasteiger partial charge in [0.25, 0.3) is 5.91 Å². The number of hydrogen-bond acceptors (Lipinski definition) is 4. The minimum Gasteiger partial charge on any atom is -0.450 e. The van der Waals surface area contributed by atoms with E-state index in [0.29, 0.717) is 44.3 Å². The molecule has 1 aromatic carbocycles. The van der Waals surface area contributed by atoms with Gasteiger partial charge in [0.15, 0.2) is 5.96 Å². The van der Waals surface area contributed by atoms with Crippen LogP contribution in [0.2, 0.25) is 0 Å². The number of nitrogens with zero attached hydrogens (tertiary/aromatic N) is 2. The lowest BCUT2D eigenvalue weighted by Crippen LogP contribution is -2.48. The number of piperidine rings is 1. The maximum atomic E-state index is 11.9. The summed E-state index contributed by atoms with van der Waals surface area (Å²) in [6.07, 6.45) is 1.32. The number of halogens is 1.